The zero-order chi connectivity index (χ0) is 24.1. The van der Waals surface area contributed by atoms with Gasteiger partial charge in [-0.15, -0.1) is 0 Å². The molecule has 2 aromatic carbocycles. The van der Waals surface area contributed by atoms with Crippen molar-refractivity contribution >= 4 is 46.9 Å². The molecule has 1 N–H and O–H groups in total. The third-order valence-corrected chi connectivity index (χ3v) is 7.09. The van der Waals surface area contributed by atoms with Crippen LogP contribution in [0.4, 0.5) is 16.2 Å². The molecule has 1 saturated heterocycles. The average Bonchev–Trinajstić information content (AvgIpc) is 2.75. The fraction of sp³-hybridized carbons (Fsp3) is 0.346. The Kier molecular flexibility index (Phi) is 5.83. The highest BCUT2D eigenvalue weighted by atomic mass is 35.5. The highest BCUT2D eigenvalue weighted by Crippen LogP contribution is 2.44. The number of fused-ring (bicyclic) bond motifs is 1. The third kappa shape index (κ3) is 3.93. The van der Waals surface area contributed by atoms with E-state index >= 15 is 0 Å². The maximum absolute atomic E-state index is 13.3. The van der Waals surface area contributed by atoms with Gasteiger partial charge in [0.1, 0.15) is 5.57 Å². The summed E-state index contributed by atoms with van der Waals surface area (Å²) in [5.74, 6) is -1.11. The molecule has 0 spiro atoms. The number of barbiturate groups is 1. The lowest BCUT2D eigenvalue weighted by Gasteiger charge is -2.45. The molecule has 4 rings (SSSR count). The fourth-order valence-corrected chi connectivity index (χ4v) is 4.99. The number of anilines is 2. The maximum atomic E-state index is 13.3. The molecular weight excluding hydrogens is 438 g/mol. The van der Waals surface area contributed by atoms with E-state index in [1.807, 2.05) is 38.2 Å². The molecule has 2 aromatic rings. The van der Waals surface area contributed by atoms with Crippen LogP contribution in [-0.4, -0.2) is 30.4 Å². The molecule has 6 nitrogen and oxygen atoms in total. The van der Waals surface area contributed by atoms with E-state index in [1.54, 1.807) is 12.1 Å². The van der Waals surface area contributed by atoms with Crippen LogP contribution >= 0.6 is 11.6 Å². The smallest absolute Gasteiger partial charge is 0.335 e. The Balaban J connectivity index is 1.79. The number of nitrogens with one attached hydrogen (secondary N) is 1. The van der Waals surface area contributed by atoms with Gasteiger partial charge in [0.25, 0.3) is 11.8 Å². The van der Waals surface area contributed by atoms with Crippen molar-refractivity contribution in [3.63, 3.8) is 0 Å². The van der Waals surface area contributed by atoms with E-state index in [-0.39, 0.29) is 17.0 Å². The summed E-state index contributed by atoms with van der Waals surface area (Å²) in [6, 6.07) is 10.3. The molecule has 1 atom stereocenters. The molecule has 0 aliphatic carbocycles. The minimum absolute atomic E-state index is 0.0114. The Morgan fingerprint density at radius 1 is 1.15 bits per heavy atom. The van der Waals surface area contributed by atoms with Crippen LogP contribution in [0.25, 0.3) is 6.08 Å². The van der Waals surface area contributed by atoms with E-state index in [1.165, 1.54) is 6.08 Å². The minimum atomic E-state index is -0.753. The number of para-hydroxylation sites is 1. The number of nitrogens with zero attached hydrogens (tertiary/aromatic N) is 2. The van der Waals surface area contributed by atoms with E-state index in [9.17, 15) is 14.4 Å². The second kappa shape index (κ2) is 8.34. The molecule has 1 fully saturated rings. The van der Waals surface area contributed by atoms with Crippen molar-refractivity contribution in [2.45, 2.75) is 52.0 Å². The van der Waals surface area contributed by atoms with Crippen LogP contribution in [0.15, 0.2) is 42.0 Å². The number of carbonyl (C=O) groups is 3. The second-order valence-corrected chi connectivity index (χ2v) is 9.76. The van der Waals surface area contributed by atoms with Crippen molar-refractivity contribution in [3.8, 4) is 0 Å². The molecular formula is C26H28ClN3O3. The molecule has 7 heteroatoms. The summed E-state index contributed by atoms with van der Waals surface area (Å²) >= 11 is 6.62. The van der Waals surface area contributed by atoms with Gasteiger partial charge in [-0.2, -0.15) is 0 Å². The van der Waals surface area contributed by atoms with Crippen molar-refractivity contribution < 1.29 is 14.4 Å². The lowest BCUT2D eigenvalue weighted by Crippen LogP contribution is -2.54. The number of urea groups is 1. The van der Waals surface area contributed by atoms with Gasteiger partial charge in [0.2, 0.25) is 0 Å². The monoisotopic (exact) mass is 465 g/mol. The quantitative estimate of drug-likeness (QED) is 0.494. The van der Waals surface area contributed by atoms with Gasteiger partial charge >= 0.3 is 6.03 Å². The van der Waals surface area contributed by atoms with Gasteiger partial charge in [0.15, 0.2) is 0 Å². The van der Waals surface area contributed by atoms with Crippen molar-refractivity contribution in [3.05, 3.63) is 63.7 Å². The number of hydrogen-bond acceptors (Lipinski definition) is 4. The van der Waals surface area contributed by atoms with Crippen LogP contribution in [-0.2, 0) is 16.0 Å². The predicted octanol–water partition coefficient (Wildman–Crippen LogP) is 5.29. The SMILES string of the molecule is CCc1ccccc1N1C(=O)NC(=O)/C(=C\c2cc3c(cc2Cl)N(C)C(C)(C)CC3C)C1=O. The van der Waals surface area contributed by atoms with Gasteiger partial charge in [0.05, 0.1) is 5.69 Å². The molecule has 2 aliphatic heterocycles. The van der Waals surface area contributed by atoms with E-state index in [2.05, 4.69) is 31.0 Å². The fourth-order valence-electron chi connectivity index (χ4n) is 4.77. The van der Waals surface area contributed by atoms with E-state index in [0.717, 1.165) is 28.1 Å². The van der Waals surface area contributed by atoms with Crippen LogP contribution in [0.1, 0.15) is 56.7 Å². The molecule has 2 aliphatic rings. The number of carbonyl (C=O) groups excluding carboxylic acids is 3. The molecule has 0 aromatic heterocycles. The molecule has 1 unspecified atom stereocenters. The van der Waals surface area contributed by atoms with Crippen LogP contribution in [0.3, 0.4) is 0 Å². The Morgan fingerprint density at radius 3 is 2.55 bits per heavy atom. The first kappa shape index (κ1) is 23.1. The number of imide groups is 2. The first-order chi connectivity index (χ1) is 15.5. The normalized spacial score (nSPS) is 21.3. The lowest BCUT2D eigenvalue weighted by atomic mass is 9.80. The third-order valence-electron chi connectivity index (χ3n) is 6.77. The van der Waals surface area contributed by atoms with Crippen molar-refractivity contribution in [2.24, 2.45) is 0 Å². The molecule has 2 heterocycles. The summed E-state index contributed by atoms with van der Waals surface area (Å²) in [7, 11) is 2.05. The number of amides is 4. The highest BCUT2D eigenvalue weighted by Gasteiger charge is 2.38. The number of benzene rings is 2. The van der Waals surface area contributed by atoms with Gasteiger partial charge in [-0.25, -0.2) is 9.69 Å². The summed E-state index contributed by atoms with van der Waals surface area (Å²) in [5.41, 5.74) is 3.89. The van der Waals surface area contributed by atoms with Crippen molar-refractivity contribution in [1.29, 1.82) is 0 Å². The first-order valence-electron chi connectivity index (χ1n) is 11.1. The Morgan fingerprint density at radius 2 is 1.85 bits per heavy atom. The minimum Gasteiger partial charge on any atom is -0.369 e. The van der Waals surface area contributed by atoms with Gasteiger partial charge in [-0.3, -0.25) is 14.9 Å². The largest absolute Gasteiger partial charge is 0.369 e. The van der Waals surface area contributed by atoms with E-state index in [4.69, 9.17) is 11.6 Å². The highest BCUT2D eigenvalue weighted by molar-refractivity contribution is 6.40. The first-order valence-corrected chi connectivity index (χ1v) is 11.5. The summed E-state index contributed by atoms with van der Waals surface area (Å²) < 4.78 is 0. The Labute approximate surface area is 199 Å². The molecule has 172 valence electrons. The second-order valence-electron chi connectivity index (χ2n) is 9.35. The Hall–Kier alpha value is -3.12. The molecule has 0 bridgehead atoms. The molecule has 0 saturated carbocycles. The van der Waals surface area contributed by atoms with Gasteiger partial charge in [-0.05, 0) is 73.6 Å². The van der Waals surface area contributed by atoms with Crippen LogP contribution in [0, 0.1) is 0 Å². The summed E-state index contributed by atoms with van der Waals surface area (Å²) in [6.45, 7) is 8.50. The van der Waals surface area contributed by atoms with Crippen LogP contribution in [0.5, 0.6) is 0 Å². The summed E-state index contributed by atoms with van der Waals surface area (Å²) in [6.07, 6.45) is 3.09. The van der Waals surface area contributed by atoms with Gasteiger partial charge in [-0.1, -0.05) is 43.6 Å². The molecule has 4 amide bonds. The number of rotatable bonds is 3. The summed E-state index contributed by atoms with van der Waals surface area (Å²) in [5, 5.41) is 2.74. The number of aryl methyl sites for hydroxylation is 1. The van der Waals surface area contributed by atoms with E-state index < -0.39 is 17.8 Å². The van der Waals surface area contributed by atoms with Crippen LogP contribution in [0.2, 0.25) is 5.02 Å². The molecule has 0 radical (unpaired) electrons. The predicted molar refractivity (Wildman–Crippen MR) is 132 cm³/mol. The van der Waals surface area contributed by atoms with Gasteiger partial charge < -0.3 is 4.90 Å². The van der Waals surface area contributed by atoms with Crippen molar-refractivity contribution in [1.82, 2.24) is 5.32 Å². The Bertz CT molecular complexity index is 1200. The van der Waals surface area contributed by atoms with Crippen LogP contribution < -0.4 is 15.1 Å². The molecule has 33 heavy (non-hydrogen) atoms. The maximum Gasteiger partial charge on any atom is 0.335 e. The average molecular weight is 466 g/mol. The number of halogens is 1. The summed E-state index contributed by atoms with van der Waals surface area (Å²) in [4.78, 5) is 41.8. The standard InChI is InChI=1S/C26H28ClN3O3/c1-6-16-9-7-8-10-21(16)30-24(32)19(23(31)28-25(30)33)12-17-11-18-15(2)14-26(3,4)29(5)22(18)13-20(17)27/h7-13,15H,6,14H2,1-5H3,(H,28,31,33)/b19-12+. The zero-order valence-corrected chi connectivity index (χ0v) is 20.3. The van der Waals surface area contributed by atoms with Crippen molar-refractivity contribution in [2.75, 3.05) is 16.8 Å². The topological polar surface area (TPSA) is 69.7 Å². The lowest BCUT2D eigenvalue weighted by molar-refractivity contribution is -0.122. The van der Waals surface area contributed by atoms with Gasteiger partial charge in [0, 0.05) is 23.3 Å². The van der Waals surface area contributed by atoms with E-state index in [0.29, 0.717) is 22.7 Å². The zero-order valence-electron chi connectivity index (χ0n) is 19.5. The number of hydrogen-bond donors (Lipinski definition) is 1.